The van der Waals surface area contributed by atoms with E-state index in [1.807, 2.05) is 13.8 Å². The minimum Gasteiger partial charge on any atom is -0.380 e. The lowest BCUT2D eigenvalue weighted by molar-refractivity contribution is -0.126. The third-order valence-corrected chi connectivity index (χ3v) is 2.83. The van der Waals surface area contributed by atoms with E-state index in [9.17, 15) is 0 Å². The van der Waals surface area contributed by atoms with E-state index >= 15 is 0 Å². The van der Waals surface area contributed by atoms with Gasteiger partial charge in [-0.2, -0.15) is 0 Å². The van der Waals surface area contributed by atoms with E-state index in [-0.39, 0.29) is 6.29 Å². The summed E-state index contributed by atoms with van der Waals surface area (Å²) in [6, 6.07) is 4.37. The van der Waals surface area contributed by atoms with Gasteiger partial charge in [0.2, 0.25) is 0 Å². The number of anilines is 1. The van der Waals surface area contributed by atoms with Crippen LogP contribution in [0.4, 0.5) is 5.69 Å². The van der Waals surface area contributed by atoms with Crippen LogP contribution in [0.15, 0.2) is 12.1 Å². The Hall–Kier alpha value is -1.06. The molecule has 0 bridgehead atoms. The van der Waals surface area contributed by atoms with Crippen molar-refractivity contribution in [3.63, 3.8) is 0 Å². The van der Waals surface area contributed by atoms with Crippen LogP contribution < -0.4 is 5.32 Å². The predicted octanol–water partition coefficient (Wildman–Crippen LogP) is 3.42. The molecular formula is C15H25NO2. The van der Waals surface area contributed by atoms with Gasteiger partial charge in [-0.3, -0.25) is 0 Å². The normalized spacial score (nSPS) is 11.0. The monoisotopic (exact) mass is 251 g/mol. The zero-order valence-corrected chi connectivity index (χ0v) is 12.2. The molecule has 3 heteroatoms. The quantitative estimate of drug-likeness (QED) is 0.753. The molecule has 0 unspecified atom stereocenters. The number of ether oxygens (including phenoxy) is 2. The van der Waals surface area contributed by atoms with Crippen LogP contribution in [-0.4, -0.2) is 26.0 Å². The van der Waals surface area contributed by atoms with Crippen molar-refractivity contribution in [2.45, 2.75) is 40.9 Å². The SMILES string of the molecule is CCOC(CNc1c(C)cc(C)cc1C)OCC. The van der Waals surface area contributed by atoms with Gasteiger partial charge in [0.1, 0.15) is 0 Å². The minimum atomic E-state index is -0.180. The van der Waals surface area contributed by atoms with Gasteiger partial charge in [-0.15, -0.1) is 0 Å². The maximum atomic E-state index is 5.52. The first-order chi connectivity index (χ1) is 8.58. The molecule has 1 N–H and O–H groups in total. The Bertz CT molecular complexity index is 348. The lowest BCUT2D eigenvalue weighted by Crippen LogP contribution is -2.27. The highest BCUT2D eigenvalue weighted by Gasteiger charge is 2.09. The largest absolute Gasteiger partial charge is 0.380 e. The van der Waals surface area contributed by atoms with Crippen molar-refractivity contribution in [1.82, 2.24) is 0 Å². The zero-order chi connectivity index (χ0) is 13.5. The fraction of sp³-hybridized carbons (Fsp3) is 0.600. The second kappa shape index (κ2) is 7.39. The van der Waals surface area contributed by atoms with Crippen molar-refractivity contribution in [3.8, 4) is 0 Å². The van der Waals surface area contributed by atoms with E-state index < -0.39 is 0 Å². The summed E-state index contributed by atoms with van der Waals surface area (Å²) >= 11 is 0. The fourth-order valence-electron chi connectivity index (χ4n) is 2.18. The molecule has 0 atom stereocenters. The molecule has 0 saturated heterocycles. The summed E-state index contributed by atoms with van der Waals surface area (Å²) in [6.07, 6.45) is -0.180. The highest BCUT2D eigenvalue weighted by molar-refractivity contribution is 5.58. The summed E-state index contributed by atoms with van der Waals surface area (Å²) < 4.78 is 11.0. The maximum Gasteiger partial charge on any atom is 0.174 e. The molecule has 1 aromatic carbocycles. The molecule has 0 aromatic heterocycles. The van der Waals surface area contributed by atoms with Gasteiger partial charge in [0.25, 0.3) is 0 Å². The molecule has 0 radical (unpaired) electrons. The number of hydrogen-bond donors (Lipinski definition) is 1. The van der Waals surface area contributed by atoms with Crippen molar-refractivity contribution < 1.29 is 9.47 Å². The standard InChI is InChI=1S/C15H25NO2/c1-6-17-14(18-7-2)10-16-15-12(4)8-11(3)9-13(15)5/h8-9,14,16H,6-7,10H2,1-5H3. The molecule has 102 valence electrons. The molecule has 0 aliphatic rings. The number of hydrogen-bond acceptors (Lipinski definition) is 3. The van der Waals surface area contributed by atoms with Crippen LogP contribution in [0.3, 0.4) is 0 Å². The van der Waals surface area contributed by atoms with Crippen LogP contribution in [0, 0.1) is 20.8 Å². The van der Waals surface area contributed by atoms with E-state index in [0.29, 0.717) is 19.8 Å². The van der Waals surface area contributed by atoms with Crippen molar-refractivity contribution in [1.29, 1.82) is 0 Å². The molecular weight excluding hydrogens is 226 g/mol. The van der Waals surface area contributed by atoms with Crippen LogP contribution in [0.25, 0.3) is 0 Å². The summed E-state index contributed by atoms with van der Waals surface area (Å²) in [6.45, 7) is 12.3. The average molecular weight is 251 g/mol. The molecule has 1 aromatic rings. The van der Waals surface area contributed by atoms with E-state index in [1.165, 1.54) is 22.4 Å². The van der Waals surface area contributed by atoms with Gasteiger partial charge in [0, 0.05) is 18.9 Å². The van der Waals surface area contributed by atoms with E-state index in [2.05, 4.69) is 38.2 Å². The third-order valence-electron chi connectivity index (χ3n) is 2.83. The van der Waals surface area contributed by atoms with Crippen molar-refractivity contribution in [2.24, 2.45) is 0 Å². The first-order valence-electron chi connectivity index (χ1n) is 6.63. The van der Waals surface area contributed by atoms with Crippen molar-refractivity contribution in [3.05, 3.63) is 28.8 Å². The Kier molecular flexibility index (Phi) is 6.16. The van der Waals surface area contributed by atoms with E-state index in [0.717, 1.165) is 0 Å². The summed E-state index contributed by atoms with van der Waals surface area (Å²) in [5.41, 5.74) is 5.00. The van der Waals surface area contributed by atoms with Crippen molar-refractivity contribution >= 4 is 5.69 Å². The van der Waals surface area contributed by atoms with Crippen LogP contribution in [0.2, 0.25) is 0 Å². The molecule has 3 nitrogen and oxygen atoms in total. The first kappa shape index (κ1) is 15.0. The Morgan fingerprint density at radius 3 is 1.94 bits per heavy atom. The first-order valence-corrected chi connectivity index (χ1v) is 6.63. The van der Waals surface area contributed by atoms with Crippen LogP contribution in [-0.2, 0) is 9.47 Å². The molecule has 18 heavy (non-hydrogen) atoms. The molecule has 0 aliphatic carbocycles. The summed E-state index contributed by atoms with van der Waals surface area (Å²) in [4.78, 5) is 0. The summed E-state index contributed by atoms with van der Waals surface area (Å²) in [7, 11) is 0. The van der Waals surface area contributed by atoms with Crippen LogP contribution in [0.5, 0.6) is 0 Å². The van der Waals surface area contributed by atoms with Gasteiger partial charge in [-0.25, -0.2) is 0 Å². The van der Waals surface area contributed by atoms with Gasteiger partial charge in [0.05, 0.1) is 6.54 Å². The van der Waals surface area contributed by atoms with Gasteiger partial charge in [0.15, 0.2) is 6.29 Å². The highest BCUT2D eigenvalue weighted by atomic mass is 16.7. The molecule has 0 fully saturated rings. The van der Waals surface area contributed by atoms with Crippen molar-refractivity contribution in [2.75, 3.05) is 25.1 Å². The summed E-state index contributed by atoms with van der Waals surface area (Å²) in [5.74, 6) is 0. The van der Waals surface area contributed by atoms with E-state index in [1.54, 1.807) is 0 Å². The smallest absolute Gasteiger partial charge is 0.174 e. The maximum absolute atomic E-state index is 5.52. The Morgan fingerprint density at radius 2 is 1.50 bits per heavy atom. The summed E-state index contributed by atoms with van der Waals surface area (Å²) in [5, 5.41) is 3.43. The van der Waals surface area contributed by atoms with Crippen LogP contribution >= 0.6 is 0 Å². The number of benzene rings is 1. The topological polar surface area (TPSA) is 30.5 Å². The van der Waals surface area contributed by atoms with Crippen LogP contribution in [0.1, 0.15) is 30.5 Å². The minimum absolute atomic E-state index is 0.180. The lowest BCUT2D eigenvalue weighted by Gasteiger charge is -2.20. The zero-order valence-electron chi connectivity index (χ0n) is 12.2. The lowest BCUT2D eigenvalue weighted by atomic mass is 10.1. The third kappa shape index (κ3) is 4.31. The molecule has 0 saturated carbocycles. The molecule has 0 aliphatic heterocycles. The molecule has 0 amide bonds. The second-order valence-electron chi connectivity index (χ2n) is 4.49. The molecule has 1 rings (SSSR count). The van der Waals surface area contributed by atoms with E-state index in [4.69, 9.17) is 9.47 Å². The van der Waals surface area contributed by atoms with Gasteiger partial charge in [-0.1, -0.05) is 17.7 Å². The molecule has 0 spiro atoms. The number of aryl methyl sites for hydroxylation is 3. The predicted molar refractivity (Wildman–Crippen MR) is 76.2 cm³/mol. The van der Waals surface area contributed by atoms with Gasteiger partial charge in [-0.05, 0) is 45.7 Å². The van der Waals surface area contributed by atoms with Gasteiger partial charge < -0.3 is 14.8 Å². The Labute approximate surface area is 110 Å². The average Bonchev–Trinajstić information content (AvgIpc) is 2.28. The number of rotatable bonds is 7. The highest BCUT2D eigenvalue weighted by Crippen LogP contribution is 2.21. The Morgan fingerprint density at radius 1 is 1.00 bits per heavy atom. The molecule has 0 heterocycles. The Balaban J connectivity index is 2.66. The van der Waals surface area contributed by atoms with Gasteiger partial charge >= 0.3 is 0 Å². The second-order valence-corrected chi connectivity index (χ2v) is 4.49. The fourth-order valence-corrected chi connectivity index (χ4v) is 2.18. The number of nitrogens with one attached hydrogen (secondary N) is 1.